The highest BCUT2D eigenvalue weighted by Crippen LogP contribution is 2.31. The lowest BCUT2D eigenvalue weighted by molar-refractivity contribution is -0.147. The van der Waals surface area contributed by atoms with Gasteiger partial charge in [-0.15, -0.1) is 0 Å². The van der Waals surface area contributed by atoms with Gasteiger partial charge in [0.05, 0.1) is 11.0 Å². The third-order valence-electron chi connectivity index (χ3n) is 3.97. The van der Waals surface area contributed by atoms with E-state index in [4.69, 9.17) is 5.11 Å². The first-order valence-electron chi connectivity index (χ1n) is 8.15. The van der Waals surface area contributed by atoms with Crippen molar-refractivity contribution in [3.05, 3.63) is 59.7 Å². The van der Waals surface area contributed by atoms with E-state index >= 15 is 0 Å². The Balaban J connectivity index is 2.10. The molecule has 2 N–H and O–H groups in total. The molecule has 2 aromatic rings. The van der Waals surface area contributed by atoms with Gasteiger partial charge in [0.1, 0.15) is 0 Å². The van der Waals surface area contributed by atoms with Gasteiger partial charge >= 0.3 is 5.97 Å². The van der Waals surface area contributed by atoms with Crippen LogP contribution in [0.15, 0.2) is 58.3 Å². The van der Waals surface area contributed by atoms with Crippen molar-refractivity contribution in [1.29, 1.82) is 0 Å². The zero-order chi connectivity index (χ0) is 18.4. The van der Waals surface area contributed by atoms with Crippen molar-refractivity contribution in [2.24, 2.45) is 5.41 Å². The molecule has 0 atom stereocenters. The van der Waals surface area contributed by atoms with Crippen LogP contribution in [0, 0.1) is 12.3 Å². The van der Waals surface area contributed by atoms with Crippen LogP contribution in [0.3, 0.4) is 0 Å². The molecule has 0 aliphatic rings. The van der Waals surface area contributed by atoms with Crippen molar-refractivity contribution in [1.82, 2.24) is 5.32 Å². The maximum Gasteiger partial charge on any atom is 0.309 e. The van der Waals surface area contributed by atoms with E-state index in [0.717, 1.165) is 15.4 Å². The van der Waals surface area contributed by atoms with E-state index in [1.165, 1.54) is 0 Å². The molecule has 132 valence electrons. The van der Waals surface area contributed by atoms with E-state index in [1.54, 1.807) is 25.6 Å². The minimum absolute atomic E-state index is 0.181. The molecule has 0 saturated heterocycles. The predicted molar refractivity (Wildman–Crippen MR) is 100 cm³/mol. The molecule has 0 unspecified atom stereocenters. The molecule has 0 aromatic heterocycles. The van der Waals surface area contributed by atoms with Crippen molar-refractivity contribution in [2.45, 2.75) is 37.0 Å². The molecule has 4 nitrogen and oxygen atoms in total. The summed E-state index contributed by atoms with van der Waals surface area (Å²) in [6.07, 6.45) is 0.376. The summed E-state index contributed by atoms with van der Waals surface area (Å²) in [6, 6.07) is 15.6. The molecule has 2 aromatic carbocycles. The molecule has 0 spiro atoms. The Labute approximate surface area is 152 Å². The van der Waals surface area contributed by atoms with Crippen LogP contribution in [0.4, 0.5) is 0 Å². The molecule has 0 aliphatic carbocycles. The number of aliphatic carboxylic acids is 1. The normalized spacial score (nSPS) is 11.2. The van der Waals surface area contributed by atoms with Crippen LogP contribution < -0.4 is 5.32 Å². The van der Waals surface area contributed by atoms with Crippen molar-refractivity contribution in [2.75, 3.05) is 6.54 Å². The van der Waals surface area contributed by atoms with E-state index in [-0.39, 0.29) is 5.91 Å². The van der Waals surface area contributed by atoms with Gasteiger partial charge in [0.2, 0.25) is 0 Å². The van der Waals surface area contributed by atoms with E-state index in [1.807, 2.05) is 55.5 Å². The first kappa shape index (κ1) is 19.1. The van der Waals surface area contributed by atoms with Gasteiger partial charge in [0, 0.05) is 16.3 Å². The number of carboxylic acid groups (broad SMARTS) is 1. The number of amides is 1. The standard InChI is InChI=1S/C20H23NO3S/c1-14-9-10-16(17(13-14)25-15-7-5-4-6-8-15)18(22)21-12-11-20(2,3)19(23)24/h4-10,13H,11-12H2,1-3H3,(H,21,22)(H,23,24). The fourth-order valence-corrected chi connectivity index (χ4v) is 3.27. The summed E-state index contributed by atoms with van der Waals surface area (Å²) in [5, 5.41) is 12.0. The van der Waals surface area contributed by atoms with Gasteiger partial charge in [-0.1, -0.05) is 36.0 Å². The van der Waals surface area contributed by atoms with E-state index in [9.17, 15) is 9.59 Å². The monoisotopic (exact) mass is 357 g/mol. The summed E-state index contributed by atoms with van der Waals surface area (Å²) in [4.78, 5) is 25.7. The highest BCUT2D eigenvalue weighted by atomic mass is 32.2. The second-order valence-corrected chi connectivity index (χ2v) is 7.73. The zero-order valence-electron chi connectivity index (χ0n) is 14.7. The van der Waals surface area contributed by atoms with Crippen molar-refractivity contribution in [3.63, 3.8) is 0 Å². The molecule has 5 heteroatoms. The lowest BCUT2D eigenvalue weighted by Gasteiger charge is -2.19. The topological polar surface area (TPSA) is 66.4 Å². The smallest absolute Gasteiger partial charge is 0.309 e. The fourth-order valence-electron chi connectivity index (χ4n) is 2.21. The van der Waals surface area contributed by atoms with Gasteiger partial charge in [0.15, 0.2) is 0 Å². The fraction of sp³-hybridized carbons (Fsp3) is 0.300. The minimum Gasteiger partial charge on any atom is -0.481 e. The van der Waals surface area contributed by atoms with Gasteiger partial charge in [-0.2, -0.15) is 0 Å². The summed E-state index contributed by atoms with van der Waals surface area (Å²) < 4.78 is 0. The summed E-state index contributed by atoms with van der Waals surface area (Å²) >= 11 is 1.55. The summed E-state index contributed by atoms with van der Waals surface area (Å²) in [6.45, 7) is 5.63. The minimum atomic E-state index is -0.864. The third-order valence-corrected chi connectivity index (χ3v) is 5.03. The largest absolute Gasteiger partial charge is 0.481 e. The molecule has 0 aliphatic heterocycles. The van der Waals surface area contributed by atoms with Crippen molar-refractivity contribution < 1.29 is 14.7 Å². The number of aryl methyl sites for hydroxylation is 1. The number of benzene rings is 2. The molecule has 0 radical (unpaired) electrons. The number of carboxylic acids is 1. The lowest BCUT2D eigenvalue weighted by atomic mass is 9.90. The second kappa shape index (κ2) is 8.21. The molecule has 0 bridgehead atoms. The molecule has 1 amide bonds. The van der Waals surface area contributed by atoms with Gasteiger partial charge in [-0.05, 0) is 57.0 Å². The molecule has 0 heterocycles. The summed E-state index contributed by atoms with van der Waals surface area (Å²) in [5.74, 6) is -1.04. The Morgan fingerprint density at radius 1 is 1.12 bits per heavy atom. The average Bonchev–Trinajstić information content (AvgIpc) is 2.55. The number of carbonyl (C=O) groups is 2. The van der Waals surface area contributed by atoms with E-state index < -0.39 is 11.4 Å². The van der Waals surface area contributed by atoms with Gasteiger partial charge in [0.25, 0.3) is 5.91 Å². The zero-order valence-corrected chi connectivity index (χ0v) is 15.5. The summed E-state index contributed by atoms with van der Waals surface area (Å²) in [7, 11) is 0. The number of nitrogens with one attached hydrogen (secondary N) is 1. The Morgan fingerprint density at radius 3 is 2.44 bits per heavy atom. The molecule has 2 rings (SSSR count). The third kappa shape index (κ3) is 5.36. The van der Waals surface area contributed by atoms with Crippen LogP contribution in [0.25, 0.3) is 0 Å². The number of hydrogen-bond acceptors (Lipinski definition) is 3. The maximum atomic E-state index is 12.6. The van der Waals surface area contributed by atoms with Gasteiger partial charge in [-0.3, -0.25) is 9.59 Å². The van der Waals surface area contributed by atoms with Crippen molar-refractivity contribution in [3.8, 4) is 0 Å². The number of carbonyl (C=O) groups excluding carboxylic acids is 1. The van der Waals surface area contributed by atoms with Gasteiger partial charge < -0.3 is 10.4 Å². The van der Waals surface area contributed by atoms with Crippen LogP contribution in [-0.2, 0) is 4.79 Å². The van der Waals surface area contributed by atoms with Crippen LogP contribution >= 0.6 is 11.8 Å². The van der Waals surface area contributed by atoms with Crippen LogP contribution in [0.1, 0.15) is 36.2 Å². The average molecular weight is 357 g/mol. The second-order valence-electron chi connectivity index (χ2n) is 6.61. The SMILES string of the molecule is Cc1ccc(C(=O)NCCC(C)(C)C(=O)O)c(Sc2ccccc2)c1. The highest BCUT2D eigenvalue weighted by molar-refractivity contribution is 7.99. The van der Waals surface area contributed by atoms with Crippen LogP contribution in [0.2, 0.25) is 0 Å². The van der Waals surface area contributed by atoms with Crippen molar-refractivity contribution >= 4 is 23.6 Å². The Kier molecular flexibility index (Phi) is 6.26. The first-order valence-corrected chi connectivity index (χ1v) is 8.96. The first-order chi connectivity index (χ1) is 11.8. The maximum absolute atomic E-state index is 12.6. The Bertz CT molecular complexity index is 757. The van der Waals surface area contributed by atoms with E-state index in [0.29, 0.717) is 18.5 Å². The molecular formula is C20H23NO3S. The van der Waals surface area contributed by atoms with Crippen LogP contribution in [0.5, 0.6) is 0 Å². The molecule has 0 fully saturated rings. The summed E-state index contributed by atoms with van der Waals surface area (Å²) in [5.41, 5.74) is 0.830. The predicted octanol–water partition coefficient (Wildman–Crippen LogP) is 4.38. The Hall–Kier alpha value is -2.27. The Morgan fingerprint density at radius 2 is 1.80 bits per heavy atom. The van der Waals surface area contributed by atoms with Crippen LogP contribution in [-0.4, -0.2) is 23.5 Å². The molecular weight excluding hydrogens is 334 g/mol. The molecule has 25 heavy (non-hydrogen) atoms. The quantitative estimate of drug-likeness (QED) is 0.772. The number of rotatable bonds is 7. The van der Waals surface area contributed by atoms with Gasteiger partial charge in [-0.25, -0.2) is 0 Å². The molecule has 0 saturated carbocycles. The highest BCUT2D eigenvalue weighted by Gasteiger charge is 2.26. The van der Waals surface area contributed by atoms with E-state index in [2.05, 4.69) is 5.32 Å². The number of hydrogen-bond donors (Lipinski definition) is 2. The lowest BCUT2D eigenvalue weighted by Crippen LogP contribution is -2.32.